The van der Waals surface area contributed by atoms with Crippen LogP contribution in [0.2, 0.25) is 0 Å². The Morgan fingerprint density at radius 3 is 2.81 bits per heavy atom. The van der Waals surface area contributed by atoms with Crippen LogP contribution in [0.4, 0.5) is 0 Å². The van der Waals surface area contributed by atoms with Gasteiger partial charge in [0.25, 0.3) is 5.91 Å². The number of hydrogen-bond donors (Lipinski definition) is 3. The topological polar surface area (TPSA) is 96.7 Å². The highest BCUT2D eigenvalue weighted by Crippen LogP contribution is 2.37. The van der Waals surface area contributed by atoms with Crippen molar-refractivity contribution in [1.82, 2.24) is 20.5 Å². The minimum atomic E-state index is -0.194. The van der Waals surface area contributed by atoms with Gasteiger partial charge in [-0.05, 0) is 25.7 Å². The van der Waals surface area contributed by atoms with E-state index in [-0.39, 0.29) is 23.8 Å². The molecule has 6 nitrogen and oxygen atoms in total. The van der Waals surface area contributed by atoms with Crippen molar-refractivity contribution in [2.24, 2.45) is 5.73 Å². The molecule has 1 amide bonds. The summed E-state index contributed by atoms with van der Waals surface area (Å²) >= 11 is 0. The Hall–Kier alpha value is -1.43. The van der Waals surface area contributed by atoms with Gasteiger partial charge in [-0.15, -0.1) is 5.10 Å². The molecule has 6 heteroatoms. The van der Waals surface area contributed by atoms with Gasteiger partial charge in [-0.2, -0.15) is 0 Å². The SMILES string of the molecule is NC1CC(NC(=O)c2n[nH]c(C3CC3)n2)C1. The van der Waals surface area contributed by atoms with Gasteiger partial charge in [0.05, 0.1) is 0 Å². The number of aromatic nitrogens is 3. The maximum atomic E-state index is 11.7. The fraction of sp³-hybridized carbons (Fsp3) is 0.700. The number of amides is 1. The Morgan fingerprint density at radius 1 is 1.44 bits per heavy atom. The molecule has 0 atom stereocenters. The number of rotatable bonds is 3. The molecule has 0 saturated heterocycles. The van der Waals surface area contributed by atoms with Gasteiger partial charge in [-0.25, -0.2) is 4.98 Å². The van der Waals surface area contributed by atoms with Gasteiger partial charge in [-0.1, -0.05) is 0 Å². The molecule has 1 aromatic rings. The van der Waals surface area contributed by atoms with Crippen LogP contribution >= 0.6 is 0 Å². The molecule has 0 bridgehead atoms. The predicted molar refractivity (Wildman–Crippen MR) is 56.8 cm³/mol. The number of carbonyl (C=O) groups excluding carboxylic acids is 1. The molecule has 2 saturated carbocycles. The Labute approximate surface area is 93.0 Å². The summed E-state index contributed by atoms with van der Waals surface area (Å²) in [7, 11) is 0. The van der Waals surface area contributed by atoms with Crippen molar-refractivity contribution in [3.63, 3.8) is 0 Å². The quantitative estimate of drug-likeness (QED) is 0.664. The van der Waals surface area contributed by atoms with E-state index in [1.165, 1.54) is 0 Å². The first-order valence-corrected chi connectivity index (χ1v) is 5.71. The highest BCUT2D eigenvalue weighted by atomic mass is 16.2. The van der Waals surface area contributed by atoms with Crippen molar-refractivity contribution in [3.8, 4) is 0 Å². The third kappa shape index (κ3) is 1.80. The first kappa shape index (κ1) is 9.77. The summed E-state index contributed by atoms with van der Waals surface area (Å²) in [6.07, 6.45) is 4.00. The lowest BCUT2D eigenvalue weighted by atomic mass is 9.88. The summed E-state index contributed by atoms with van der Waals surface area (Å²) in [4.78, 5) is 15.9. The van der Waals surface area contributed by atoms with E-state index in [1.807, 2.05) is 0 Å². The fourth-order valence-electron chi connectivity index (χ4n) is 1.94. The number of nitrogens with one attached hydrogen (secondary N) is 2. The number of nitrogens with two attached hydrogens (primary N) is 1. The Morgan fingerprint density at radius 2 is 2.19 bits per heavy atom. The number of H-pyrrole nitrogens is 1. The molecule has 0 radical (unpaired) electrons. The molecular weight excluding hydrogens is 206 g/mol. The average Bonchev–Trinajstić information content (AvgIpc) is 2.94. The van der Waals surface area contributed by atoms with E-state index in [0.29, 0.717) is 5.92 Å². The molecule has 0 aliphatic heterocycles. The van der Waals surface area contributed by atoms with E-state index >= 15 is 0 Å². The highest BCUT2D eigenvalue weighted by Gasteiger charge is 2.30. The van der Waals surface area contributed by atoms with Crippen LogP contribution < -0.4 is 11.1 Å². The molecule has 0 unspecified atom stereocenters. The van der Waals surface area contributed by atoms with Crippen LogP contribution in [0.5, 0.6) is 0 Å². The van der Waals surface area contributed by atoms with Gasteiger partial charge in [0.1, 0.15) is 5.82 Å². The molecule has 16 heavy (non-hydrogen) atoms. The third-order valence-corrected chi connectivity index (χ3v) is 3.18. The van der Waals surface area contributed by atoms with Crippen LogP contribution in [0.1, 0.15) is 48.0 Å². The normalized spacial score (nSPS) is 28.6. The fourth-order valence-corrected chi connectivity index (χ4v) is 1.94. The summed E-state index contributed by atoms with van der Waals surface area (Å²) < 4.78 is 0. The predicted octanol–water partition coefficient (Wildman–Crippen LogP) is -0.0984. The van der Waals surface area contributed by atoms with Gasteiger partial charge < -0.3 is 11.1 Å². The van der Waals surface area contributed by atoms with Crippen molar-refractivity contribution in [1.29, 1.82) is 0 Å². The largest absolute Gasteiger partial charge is 0.346 e. The van der Waals surface area contributed by atoms with Crippen LogP contribution in [0.25, 0.3) is 0 Å². The Bertz CT molecular complexity index is 405. The first-order chi connectivity index (χ1) is 7.72. The van der Waals surface area contributed by atoms with E-state index in [2.05, 4.69) is 20.5 Å². The van der Waals surface area contributed by atoms with Crippen LogP contribution in [-0.4, -0.2) is 33.2 Å². The monoisotopic (exact) mass is 221 g/mol. The second-order valence-corrected chi connectivity index (χ2v) is 4.72. The molecule has 0 spiro atoms. The van der Waals surface area contributed by atoms with E-state index in [9.17, 15) is 4.79 Å². The number of carbonyl (C=O) groups is 1. The summed E-state index contributed by atoms with van der Waals surface area (Å²) in [5, 5.41) is 9.62. The zero-order chi connectivity index (χ0) is 11.1. The standard InChI is InChI=1S/C10H15N5O/c11-6-3-7(4-6)12-10(16)9-13-8(14-15-9)5-1-2-5/h5-7H,1-4,11H2,(H,12,16)(H,13,14,15). The zero-order valence-corrected chi connectivity index (χ0v) is 8.94. The lowest BCUT2D eigenvalue weighted by molar-refractivity contribution is 0.0900. The summed E-state index contributed by atoms with van der Waals surface area (Å²) in [5.74, 6) is 1.39. The van der Waals surface area contributed by atoms with Gasteiger partial charge in [0, 0.05) is 18.0 Å². The molecule has 0 aromatic carbocycles. The number of nitrogens with zero attached hydrogens (tertiary/aromatic N) is 2. The zero-order valence-electron chi connectivity index (χ0n) is 8.94. The second kappa shape index (κ2) is 3.55. The van der Waals surface area contributed by atoms with Crippen molar-refractivity contribution in [2.75, 3.05) is 0 Å². The first-order valence-electron chi connectivity index (χ1n) is 5.71. The third-order valence-electron chi connectivity index (χ3n) is 3.18. The molecule has 2 aliphatic carbocycles. The van der Waals surface area contributed by atoms with Crippen molar-refractivity contribution in [2.45, 2.75) is 43.7 Å². The average molecular weight is 221 g/mol. The Balaban J connectivity index is 1.60. The summed E-state index contributed by atoms with van der Waals surface area (Å²) in [6.45, 7) is 0. The van der Waals surface area contributed by atoms with Crippen molar-refractivity contribution < 1.29 is 4.79 Å². The highest BCUT2D eigenvalue weighted by molar-refractivity contribution is 5.90. The number of aromatic amines is 1. The van der Waals surface area contributed by atoms with Gasteiger partial charge in [-0.3, -0.25) is 9.89 Å². The lowest BCUT2D eigenvalue weighted by Gasteiger charge is -2.32. The summed E-state index contributed by atoms with van der Waals surface area (Å²) in [5.41, 5.74) is 5.65. The second-order valence-electron chi connectivity index (χ2n) is 4.72. The molecule has 1 heterocycles. The van der Waals surface area contributed by atoms with Crippen molar-refractivity contribution >= 4 is 5.91 Å². The van der Waals surface area contributed by atoms with Crippen LogP contribution in [0, 0.1) is 0 Å². The maximum Gasteiger partial charge on any atom is 0.291 e. The van der Waals surface area contributed by atoms with Crippen LogP contribution in [0.15, 0.2) is 0 Å². The maximum absolute atomic E-state index is 11.7. The van der Waals surface area contributed by atoms with E-state index < -0.39 is 0 Å². The van der Waals surface area contributed by atoms with Crippen molar-refractivity contribution in [3.05, 3.63) is 11.6 Å². The van der Waals surface area contributed by atoms with E-state index in [4.69, 9.17) is 5.73 Å². The van der Waals surface area contributed by atoms with Crippen LogP contribution in [0.3, 0.4) is 0 Å². The summed E-state index contributed by atoms with van der Waals surface area (Å²) in [6, 6.07) is 0.435. The molecule has 1 aromatic heterocycles. The molecular formula is C10H15N5O. The minimum absolute atomic E-state index is 0.194. The van der Waals surface area contributed by atoms with Crippen LogP contribution in [-0.2, 0) is 0 Å². The minimum Gasteiger partial charge on any atom is -0.346 e. The van der Waals surface area contributed by atoms with Gasteiger partial charge in [0.15, 0.2) is 0 Å². The Kier molecular flexibility index (Phi) is 2.17. The molecule has 2 fully saturated rings. The molecule has 86 valence electrons. The smallest absolute Gasteiger partial charge is 0.291 e. The molecule has 2 aliphatic rings. The van der Waals surface area contributed by atoms with E-state index in [0.717, 1.165) is 31.5 Å². The molecule has 3 rings (SSSR count). The lowest BCUT2D eigenvalue weighted by Crippen LogP contribution is -2.50. The number of hydrogen-bond acceptors (Lipinski definition) is 4. The van der Waals surface area contributed by atoms with E-state index in [1.54, 1.807) is 0 Å². The van der Waals surface area contributed by atoms with Gasteiger partial charge >= 0.3 is 0 Å². The van der Waals surface area contributed by atoms with Gasteiger partial charge in [0.2, 0.25) is 5.82 Å². The molecule has 4 N–H and O–H groups in total.